The van der Waals surface area contributed by atoms with Crippen LogP contribution in [-0.2, 0) is 10.0 Å². The third-order valence-electron chi connectivity index (χ3n) is 4.27. The number of nitro groups is 1. The monoisotopic (exact) mass is 443 g/mol. The maximum atomic E-state index is 12.8. The Labute approximate surface area is 171 Å². The number of hydrogen-bond acceptors (Lipinski definition) is 5. The van der Waals surface area contributed by atoms with Crippen LogP contribution in [0, 0.1) is 10.1 Å². The third kappa shape index (κ3) is 4.12. The molecule has 1 aliphatic heterocycles. The molecule has 0 unspecified atom stereocenters. The van der Waals surface area contributed by atoms with Crippen LogP contribution >= 0.6 is 23.2 Å². The van der Waals surface area contributed by atoms with Gasteiger partial charge in [-0.3, -0.25) is 14.9 Å². The largest absolute Gasteiger partial charge is 0.322 e. The molecule has 0 radical (unpaired) electrons. The Kier molecular flexibility index (Phi) is 5.90. The summed E-state index contributed by atoms with van der Waals surface area (Å²) < 4.78 is 26.9. The molecule has 0 spiro atoms. The van der Waals surface area contributed by atoms with Crippen LogP contribution in [0.3, 0.4) is 0 Å². The van der Waals surface area contributed by atoms with Gasteiger partial charge in [0.2, 0.25) is 10.0 Å². The molecule has 148 valence electrons. The number of nitrogens with one attached hydrogen (secondary N) is 1. The maximum Gasteiger partial charge on any atom is 0.283 e. The van der Waals surface area contributed by atoms with Crippen molar-refractivity contribution in [2.24, 2.45) is 0 Å². The lowest BCUT2D eigenvalue weighted by molar-refractivity contribution is -0.385. The van der Waals surface area contributed by atoms with Gasteiger partial charge >= 0.3 is 0 Å². The Hall–Kier alpha value is -2.20. The molecular weight excluding hydrogens is 429 g/mol. The third-order valence-corrected chi connectivity index (χ3v) is 6.89. The molecule has 8 nitrogen and oxygen atoms in total. The molecule has 1 amide bonds. The first kappa shape index (κ1) is 20.5. The minimum atomic E-state index is -3.80. The normalized spacial score (nSPS) is 14.8. The van der Waals surface area contributed by atoms with Gasteiger partial charge < -0.3 is 5.32 Å². The number of hydrogen-bond donors (Lipinski definition) is 1. The van der Waals surface area contributed by atoms with E-state index >= 15 is 0 Å². The summed E-state index contributed by atoms with van der Waals surface area (Å²) in [7, 11) is -3.80. The lowest BCUT2D eigenvalue weighted by atomic mass is 10.1. The summed E-state index contributed by atoms with van der Waals surface area (Å²) in [5, 5.41) is 13.8. The molecule has 2 aromatic carbocycles. The fraction of sp³-hybridized carbons (Fsp3) is 0.235. The van der Waals surface area contributed by atoms with Crippen molar-refractivity contribution in [2.45, 2.75) is 17.7 Å². The summed E-state index contributed by atoms with van der Waals surface area (Å²) >= 11 is 11.8. The van der Waals surface area contributed by atoms with E-state index in [1.165, 1.54) is 34.6 Å². The van der Waals surface area contributed by atoms with Crippen LogP contribution in [0.1, 0.15) is 23.2 Å². The van der Waals surface area contributed by atoms with Gasteiger partial charge in [-0.05, 0) is 43.2 Å². The van der Waals surface area contributed by atoms with Crippen LogP contribution in [0.2, 0.25) is 10.0 Å². The second-order valence-electron chi connectivity index (χ2n) is 6.13. The first-order chi connectivity index (χ1) is 13.2. The summed E-state index contributed by atoms with van der Waals surface area (Å²) in [6.07, 6.45) is 1.54. The van der Waals surface area contributed by atoms with Crippen molar-refractivity contribution < 1.29 is 18.1 Å². The van der Waals surface area contributed by atoms with Crippen molar-refractivity contribution in [1.29, 1.82) is 0 Å². The Morgan fingerprint density at radius 3 is 2.43 bits per heavy atom. The molecule has 0 saturated carbocycles. The van der Waals surface area contributed by atoms with Crippen LogP contribution in [-0.4, -0.2) is 36.6 Å². The zero-order valence-electron chi connectivity index (χ0n) is 14.4. The highest BCUT2D eigenvalue weighted by molar-refractivity contribution is 7.89. The van der Waals surface area contributed by atoms with E-state index in [1.54, 1.807) is 0 Å². The topological polar surface area (TPSA) is 110 Å². The van der Waals surface area contributed by atoms with E-state index in [2.05, 4.69) is 5.32 Å². The number of nitro benzene ring substituents is 1. The van der Waals surface area contributed by atoms with Crippen LogP contribution in [0.5, 0.6) is 0 Å². The van der Waals surface area contributed by atoms with Crippen molar-refractivity contribution >= 4 is 50.5 Å². The summed E-state index contributed by atoms with van der Waals surface area (Å²) in [5.41, 5.74) is -0.506. The van der Waals surface area contributed by atoms with E-state index in [-0.39, 0.29) is 26.2 Å². The van der Waals surface area contributed by atoms with Crippen molar-refractivity contribution in [2.75, 3.05) is 18.4 Å². The minimum absolute atomic E-state index is 0.0300. The number of anilines is 1. The SMILES string of the molecule is O=C(Nc1ccc(Cl)c(S(=O)(=O)N2CCCC2)c1)c1ccc(Cl)cc1[N+](=O)[O-]. The van der Waals surface area contributed by atoms with E-state index in [0.29, 0.717) is 13.1 Å². The zero-order valence-corrected chi connectivity index (χ0v) is 16.7. The molecule has 1 N–H and O–H groups in total. The van der Waals surface area contributed by atoms with Gasteiger partial charge in [0.25, 0.3) is 11.6 Å². The molecule has 1 aliphatic rings. The molecule has 1 heterocycles. The van der Waals surface area contributed by atoms with Gasteiger partial charge in [-0.2, -0.15) is 4.31 Å². The number of carbonyl (C=O) groups is 1. The summed E-state index contributed by atoms with van der Waals surface area (Å²) in [5.74, 6) is -0.768. The molecular formula is C17H15Cl2N3O5S. The van der Waals surface area contributed by atoms with E-state index in [0.717, 1.165) is 18.9 Å². The first-order valence-corrected chi connectivity index (χ1v) is 10.4. The summed E-state index contributed by atoms with van der Waals surface area (Å²) in [4.78, 5) is 22.8. The first-order valence-electron chi connectivity index (χ1n) is 8.25. The van der Waals surface area contributed by atoms with Gasteiger partial charge in [-0.25, -0.2) is 8.42 Å². The number of benzene rings is 2. The second kappa shape index (κ2) is 8.04. The van der Waals surface area contributed by atoms with Gasteiger partial charge in [0.05, 0.1) is 9.95 Å². The molecule has 0 aromatic heterocycles. The zero-order chi connectivity index (χ0) is 20.5. The van der Waals surface area contributed by atoms with Gasteiger partial charge in [0.1, 0.15) is 10.5 Å². The molecule has 0 bridgehead atoms. The highest BCUT2D eigenvalue weighted by atomic mass is 35.5. The fourth-order valence-corrected chi connectivity index (χ4v) is 5.08. The van der Waals surface area contributed by atoms with Gasteiger partial charge in [-0.15, -0.1) is 0 Å². The van der Waals surface area contributed by atoms with Crippen molar-refractivity contribution in [1.82, 2.24) is 4.31 Å². The molecule has 0 aliphatic carbocycles. The van der Waals surface area contributed by atoms with E-state index in [4.69, 9.17) is 23.2 Å². The summed E-state index contributed by atoms with van der Waals surface area (Å²) in [6.45, 7) is 0.818. The van der Waals surface area contributed by atoms with Crippen LogP contribution < -0.4 is 5.32 Å². The Morgan fingerprint density at radius 1 is 1.11 bits per heavy atom. The molecule has 11 heteroatoms. The van der Waals surface area contributed by atoms with Gasteiger partial charge in [0.15, 0.2) is 0 Å². The number of halogens is 2. The standard InChI is InChI=1S/C17H15Cl2N3O5S/c18-11-3-5-13(15(9-11)22(24)25)17(23)20-12-4-6-14(19)16(10-12)28(26,27)21-7-1-2-8-21/h3-6,9-10H,1-2,7-8H2,(H,20,23). The number of amides is 1. The molecule has 0 atom stereocenters. The smallest absolute Gasteiger partial charge is 0.283 e. The number of carbonyl (C=O) groups excluding carboxylic acids is 1. The van der Waals surface area contributed by atoms with E-state index in [1.807, 2.05) is 0 Å². The average Bonchev–Trinajstić information content (AvgIpc) is 3.18. The highest BCUT2D eigenvalue weighted by Gasteiger charge is 2.29. The van der Waals surface area contributed by atoms with E-state index in [9.17, 15) is 23.3 Å². The molecule has 1 saturated heterocycles. The van der Waals surface area contributed by atoms with Crippen molar-refractivity contribution in [3.8, 4) is 0 Å². The number of sulfonamides is 1. The summed E-state index contributed by atoms with van der Waals surface area (Å²) in [6, 6.07) is 7.68. The quantitative estimate of drug-likeness (QED) is 0.555. The fourth-order valence-electron chi connectivity index (χ4n) is 2.89. The number of nitrogens with zero attached hydrogens (tertiary/aromatic N) is 2. The van der Waals surface area contributed by atoms with E-state index < -0.39 is 26.5 Å². The Morgan fingerprint density at radius 2 is 1.79 bits per heavy atom. The molecule has 28 heavy (non-hydrogen) atoms. The molecule has 2 aromatic rings. The van der Waals surface area contributed by atoms with Gasteiger partial charge in [0, 0.05) is 29.9 Å². The van der Waals surface area contributed by atoms with Crippen LogP contribution in [0.4, 0.5) is 11.4 Å². The highest BCUT2D eigenvalue weighted by Crippen LogP contribution is 2.30. The lowest BCUT2D eigenvalue weighted by Crippen LogP contribution is -2.28. The lowest BCUT2D eigenvalue weighted by Gasteiger charge is -2.17. The second-order valence-corrected chi connectivity index (χ2v) is 8.88. The Balaban J connectivity index is 1.92. The molecule has 3 rings (SSSR count). The van der Waals surface area contributed by atoms with Crippen LogP contribution in [0.25, 0.3) is 0 Å². The van der Waals surface area contributed by atoms with Crippen molar-refractivity contribution in [3.05, 3.63) is 62.1 Å². The Bertz CT molecular complexity index is 1050. The maximum absolute atomic E-state index is 12.8. The van der Waals surface area contributed by atoms with Crippen molar-refractivity contribution in [3.63, 3.8) is 0 Å². The predicted octanol–water partition coefficient (Wildman–Crippen LogP) is 3.94. The van der Waals surface area contributed by atoms with Gasteiger partial charge in [-0.1, -0.05) is 23.2 Å². The van der Waals surface area contributed by atoms with Crippen LogP contribution in [0.15, 0.2) is 41.3 Å². The minimum Gasteiger partial charge on any atom is -0.322 e. The number of rotatable bonds is 5. The predicted molar refractivity (Wildman–Crippen MR) is 106 cm³/mol. The molecule has 1 fully saturated rings. The average molecular weight is 444 g/mol.